The molecule has 3 nitrogen and oxygen atoms in total. The van der Waals surface area contributed by atoms with Crippen LogP contribution in [0.5, 0.6) is 11.5 Å². The number of para-hydroxylation sites is 1. The number of hydrogen-bond acceptors (Lipinski definition) is 3. The third-order valence-electron chi connectivity index (χ3n) is 3.30. The summed E-state index contributed by atoms with van der Waals surface area (Å²) in [6, 6.07) is 13.9. The van der Waals surface area contributed by atoms with Crippen LogP contribution in [0.2, 0.25) is 0 Å². The zero-order chi connectivity index (χ0) is 13.2. The van der Waals surface area contributed by atoms with Gasteiger partial charge in [0.2, 0.25) is 0 Å². The van der Waals surface area contributed by atoms with Crippen LogP contribution in [0.15, 0.2) is 42.5 Å². The van der Waals surface area contributed by atoms with Gasteiger partial charge in [0, 0.05) is 6.42 Å². The molecule has 0 saturated heterocycles. The SMILES string of the molecule is Cc1ccc(OCC2Cc3ccccc3O2)c(N)c1. The predicted octanol–water partition coefficient (Wildman–Crippen LogP) is 2.96. The molecule has 2 N–H and O–H groups in total. The first kappa shape index (κ1) is 11.9. The Hall–Kier alpha value is -2.16. The normalized spacial score (nSPS) is 16.8. The van der Waals surface area contributed by atoms with E-state index in [0.29, 0.717) is 12.3 Å². The molecule has 98 valence electrons. The molecule has 0 radical (unpaired) electrons. The van der Waals surface area contributed by atoms with Crippen LogP contribution in [-0.4, -0.2) is 12.7 Å². The van der Waals surface area contributed by atoms with E-state index in [1.54, 1.807) is 0 Å². The molecule has 19 heavy (non-hydrogen) atoms. The van der Waals surface area contributed by atoms with E-state index in [2.05, 4.69) is 6.07 Å². The molecule has 0 aromatic heterocycles. The molecule has 0 spiro atoms. The van der Waals surface area contributed by atoms with Crippen LogP contribution in [0.25, 0.3) is 0 Å². The van der Waals surface area contributed by atoms with Gasteiger partial charge in [-0.2, -0.15) is 0 Å². The third kappa shape index (κ3) is 2.50. The smallest absolute Gasteiger partial charge is 0.142 e. The maximum Gasteiger partial charge on any atom is 0.142 e. The number of nitrogens with two attached hydrogens (primary N) is 1. The average Bonchev–Trinajstić information content (AvgIpc) is 2.80. The molecule has 0 bridgehead atoms. The number of nitrogen functional groups attached to an aromatic ring is 1. The number of ether oxygens (including phenoxy) is 2. The summed E-state index contributed by atoms with van der Waals surface area (Å²) < 4.78 is 11.6. The van der Waals surface area contributed by atoms with Gasteiger partial charge < -0.3 is 15.2 Å². The zero-order valence-corrected chi connectivity index (χ0v) is 10.9. The molecule has 1 unspecified atom stereocenters. The summed E-state index contributed by atoms with van der Waals surface area (Å²) in [5, 5.41) is 0. The van der Waals surface area contributed by atoms with Crippen LogP contribution in [0.3, 0.4) is 0 Å². The summed E-state index contributed by atoms with van der Waals surface area (Å²) in [5.74, 6) is 1.69. The van der Waals surface area contributed by atoms with Gasteiger partial charge in [0.15, 0.2) is 0 Å². The molecule has 0 fully saturated rings. The standard InChI is InChI=1S/C16H17NO2/c1-11-6-7-16(14(17)8-11)18-10-13-9-12-4-2-3-5-15(12)19-13/h2-8,13H,9-10,17H2,1H3. The van der Waals surface area contributed by atoms with Crippen molar-refractivity contribution in [2.45, 2.75) is 19.4 Å². The van der Waals surface area contributed by atoms with E-state index in [1.807, 2.05) is 43.3 Å². The highest BCUT2D eigenvalue weighted by molar-refractivity contribution is 5.54. The van der Waals surface area contributed by atoms with Gasteiger partial charge in [0.25, 0.3) is 0 Å². The maximum atomic E-state index is 5.92. The van der Waals surface area contributed by atoms with Gasteiger partial charge >= 0.3 is 0 Å². The highest BCUT2D eigenvalue weighted by Crippen LogP contribution is 2.29. The second-order valence-corrected chi connectivity index (χ2v) is 4.90. The molecule has 0 aliphatic carbocycles. The topological polar surface area (TPSA) is 44.5 Å². The first-order chi connectivity index (χ1) is 9.22. The lowest BCUT2D eigenvalue weighted by Gasteiger charge is -2.14. The number of anilines is 1. The molecule has 1 atom stereocenters. The van der Waals surface area contributed by atoms with Crippen LogP contribution < -0.4 is 15.2 Å². The van der Waals surface area contributed by atoms with Crippen molar-refractivity contribution in [3.8, 4) is 11.5 Å². The Morgan fingerprint density at radius 3 is 2.89 bits per heavy atom. The van der Waals surface area contributed by atoms with Crippen molar-refractivity contribution in [2.75, 3.05) is 12.3 Å². The van der Waals surface area contributed by atoms with Crippen LogP contribution in [0.1, 0.15) is 11.1 Å². The molecule has 1 heterocycles. The lowest BCUT2D eigenvalue weighted by atomic mass is 10.1. The largest absolute Gasteiger partial charge is 0.488 e. The van der Waals surface area contributed by atoms with Crippen LogP contribution in [0.4, 0.5) is 5.69 Å². The minimum atomic E-state index is 0.0677. The highest BCUT2D eigenvalue weighted by Gasteiger charge is 2.22. The van der Waals surface area contributed by atoms with Crippen molar-refractivity contribution in [3.05, 3.63) is 53.6 Å². The van der Waals surface area contributed by atoms with Gasteiger partial charge in [-0.1, -0.05) is 24.3 Å². The van der Waals surface area contributed by atoms with Crippen molar-refractivity contribution in [3.63, 3.8) is 0 Å². The van der Waals surface area contributed by atoms with Crippen LogP contribution >= 0.6 is 0 Å². The van der Waals surface area contributed by atoms with E-state index in [-0.39, 0.29) is 6.10 Å². The Labute approximate surface area is 113 Å². The first-order valence-electron chi connectivity index (χ1n) is 6.46. The van der Waals surface area contributed by atoms with Gasteiger partial charge in [0.1, 0.15) is 24.2 Å². The molecule has 2 aromatic rings. The van der Waals surface area contributed by atoms with Crippen LogP contribution in [0, 0.1) is 6.92 Å². The van der Waals surface area contributed by atoms with E-state index in [0.717, 1.165) is 23.5 Å². The zero-order valence-electron chi connectivity index (χ0n) is 10.9. The quantitative estimate of drug-likeness (QED) is 0.858. The fraction of sp³-hybridized carbons (Fsp3) is 0.250. The minimum Gasteiger partial charge on any atom is -0.488 e. The molecule has 1 aliphatic heterocycles. The van der Waals surface area contributed by atoms with E-state index in [1.165, 1.54) is 5.56 Å². The molecular formula is C16H17NO2. The Balaban J connectivity index is 1.63. The fourth-order valence-corrected chi connectivity index (χ4v) is 2.33. The Bertz CT molecular complexity index is 570. The van der Waals surface area contributed by atoms with E-state index < -0.39 is 0 Å². The van der Waals surface area contributed by atoms with Crippen molar-refractivity contribution in [1.29, 1.82) is 0 Å². The lowest BCUT2D eigenvalue weighted by Crippen LogP contribution is -2.22. The number of rotatable bonds is 3. The summed E-state index contributed by atoms with van der Waals surface area (Å²) in [7, 11) is 0. The maximum absolute atomic E-state index is 5.92. The molecule has 3 rings (SSSR count). The van der Waals surface area contributed by atoms with Crippen molar-refractivity contribution < 1.29 is 9.47 Å². The molecule has 2 aromatic carbocycles. The summed E-state index contributed by atoms with van der Waals surface area (Å²) >= 11 is 0. The van der Waals surface area contributed by atoms with E-state index >= 15 is 0 Å². The first-order valence-corrected chi connectivity index (χ1v) is 6.46. The summed E-state index contributed by atoms with van der Waals surface area (Å²) in [4.78, 5) is 0. The number of aryl methyl sites for hydroxylation is 1. The number of fused-ring (bicyclic) bond motifs is 1. The molecular weight excluding hydrogens is 238 g/mol. The predicted molar refractivity (Wildman–Crippen MR) is 75.6 cm³/mol. The van der Waals surface area contributed by atoms with E-state index in [9.17, 15) is 0 Å². The molecule has 3 heteroatoms. The van der Waals surface area contributed by atoms with Crippen molar-refractivity contribution >= 4 is 5.69 Å². The monoisotopic (exact) mass is 255 g/mol. The summed E-state index contributed by atoms with van der Waals surface area (Å²) in [6.45, 7) is 2.53. The lowest BCUT2D eigenvalue weighted by molar-refractivity contribution is 0.149. The van der Waals surface area contributed by atoms with Crippen molar-refractivity contribution in [1.82, 2.24) is 0 Å². The molecule has 0 amide bonds. The second-order valence-electron chi connectivity index (χ2n) is 4.90. The summed E-state index contributed by atoms with van der Waals surface area (Å²) in [5.41, 5.74) is 8.98. The van der Waals surface area contributed by atoms with Gasteiger partial charge in [-0.25, -0.2) is 0 Å². The third-order valence-corrected chi connectivity index (χ3v) is 3.30. The Morgan fingerprint density at radius 2 is 2.11 bits per heavy atom. The molecule has 0 saturated carbocycles. The fourth-order valence-electron chi connectivity index (χ4n) is 2.33. The number of hydrogen-bond donors (Lipinski definition) is 1. The van der Waals surface area contributed by atoms with Crippen molar-refractivity contribution in [2.24, 2.45) is 0 Å². The Kier molecular flexibility index (Phi) is 3.03. The summed E-state index contributed by atoms with van der Waals surface area (Å²) in [6.07, 6.45) is 0.959. The minimum absolute atomic E-state index is 0.0677. The van der Waals surface area contributed by atoms with E-state index in [4.69, 9.17) is 15.2 Å². The highest BCUT2D eigenvalue weighted by atomic mass is 16.5. The van der Waals surface area contributed by atoms with Gasteiger partial charge in [-0.15, -0.1) is 0 Å². The average molecular weight is 255 g/mol. The second kappa shape index (κ2) is 4.84. The van der Waals surface area contributed by atoms with Gasteiger partial charge in [0.05, 0.1) is 5.69 Å². The Morgan fingerprint density at radius 1 is 1.26 bits per heavy atom. The number of benzene rings is 2. The van der Waals surface area contributed by atoms with Gasteiger partial charge in [-0.3, -0.25) is 0 Å². The molecule has 1 aliphatic rings. The van der Waals surface area contributed by atoms with Crippen LogP contribution in [-0.2, 0) is 6.42 Å². The van der Waals surface area contributed by atoms with Gasteiger partial charge in [-0.05, 0) is 36.2 Å².